The Labute approximate surface area is 152 Å². The molecule has 0 fully saturated rings. The lowest BCUT2D eigenvalue weighted by molar-refractivity contribution is 0.0683. The van der Waals surface area contributed by atoms with Gasteiger partial charge in [0, 0.05) is 17.8 Å². The minimum Gasteiger partial charge on any atom is -0.503 e. The molecule has 2 aromatic rings. The second-order valence-electron chi connectivity index (χ2n) is 5.87. The second kappa shape index (κ2) is 7.23. The van der Waals surface area contributed by atoms with Crippen molar-refractivity contribution >= 4 is 23.2 Å². The van der Waals surface area contributed by atoms with E-state index in [1.165, 1.54) is 0 Å². The van der Waals surface area contributed by atoms with Gasteiger partial charge < -0.3 is 20.1 Å². The number of halogens is 1. The van der Waals surface area contributed by atoms with Gasteiger partial charge in [0.15, 0.2) is 11.5 Å². The van der Waals surface area contributed by atoms with Gasteiger partial charge in [0.2, 0.25) is 0 Å². The van der Waals surface area contributed by atoms with E-state index in [-0.39, 0.29) is 22.8 Å². The fourth-order valence-electron chi connectivity index (χ4n) is 3.04. The smallest absolute Gasteiger partial charge is 0.257 e. The second-order valence-corrected chi connectivity index (χ2v) is 6.28. The number of rotatable bonds is 5. The first-order valence-electron chi connectivity index (χ1n) is 8.38. The summed E-state index contributed by atoms with van der Waals surface area (Å²) in [6, 6.07) is 10.8. The summed E-state index contributed by atoms with van der Waals surface area (Å²) in [7, 11) is 0. The number of fused-ring (bicyclic) bond motifs is 1. The molecular formula is C19H21ClN2O3. The molecule has 6 heteroatoms. The van der Waals surface area contributed by atoms with E-state index in [1.54, 1.807) is 17.0 Å². The minimum absolute atomic E-state index is 0.0247. The van der Waals surface area contributed by atoms with Crippen LogP contribution in [0.3, 0.4) is 0 Å². The lowest BCUT2D eigenvalue weighted by atomic mass is 10.0. The van der Waals surface area contributed by atoms with Crippen molar-refractivity contribution in [3.63, 3.8) is 0 Å². The summed E-state index contributed by atoms with van der Waals surface area (Å²) in [5.74, 6) is 0.203. The third-order valence-electron chi connectivity index (χ3n) is 4.15. The Morgan fingerprint density at radius 1 is 1.28 bits per heavy atom. The summed E-state index contributed by atoms with van der Waals surface area (Å²) < 4.78 is 5.47. The molecular weight excluding hydrogens is 340 g/mol. The molecule has 0 saturated heterocycles. The molecule has 5 nitrogen and oxygen atoms in total. The van der Waals surface area contributed by atoms with E-state index in [1.807, 2.05) is 38.1 Å². The fraction of sp³-hybridized carbons (Fsp3) is 0.316. The van der Waals surface area contributed by atoms with Crippen LogP contribution in [0.4, 0.5) is 5.69 Å². The number of aromatic hydroxyl groups is 1. The third kappa shape index (κ3) is 3.24. The molecule has 0 unspecified atom stereocenters. The number of para-hydroxylation sites is 1. The van der Waals surface area contributed by atoms with E-state index in [0.717, 1.165) is 17.7 Å². The molecule has 25 heavy (non-hydrogen) atoms. The van der Waals surface area contributed by atoms with E-state index in [4.69, 9.17) is 16.3 Å². The quantitative estimate of drug-likeness (QED) is 0.828. The summed E-state index contributed by atoms with van der Waals surface area (Å²) in [4.78, 5) is 14.7. The molecule has 1 atom stereocenters. The molecule has 1 heterocycles. The van der Waals surface area contributed by atoms with Gasteiger partial charge >= 0.3 is 0 Å². The summed E-state index contributed by atoms with van der Waals surface area (Å²) in [6.07, 6.45) is 0.454. The molecule has 3 rings (SSSR count). The van der Waals surface area contributed by atoms with E-state index >= 15 is 0 Å². The van der Waals surface area contributed by atoms with Crippen LogP contribution < -0.4 is 10.1 Å². The van der Waals surface area contributed by atoms with Crippen LogP contribution in [0.2, 0.25) is 5.02 Å². The molecule has 0 radical (unpaired) electrons. The first-order valence-corrected chi connectivity index (χ1v) is 8.76. The first kappa shape index (κ1) is 17.4. The highest BCUT2D eigenvalue weighted by Crippen LogP contribution is 2.40. The molecule has 0 aliphatic carbocycles. The van der Waals surface area contributed by atoms with Crippen LogP contribution in [-0.2, 0) is 0 Å². The van der Waals surface area contributed by atoms with Crippen molar-refractivity contribution < 1.29 is 14.6 Å². The number of phenolic OH excluding ortho intramolecular Hbond substituents is 1. The van der Waals surface area contributed by atoms with Gasteiger partial charge in [0.05, 0.1) is 17.2 Å². The predicted molar refractivity (Wildman–Crippen MR) is 98.4 cm³/mol. The highest BCUT2D eigenvalue weighted by atomic mass is 35.5. The van der Waals surface area contributed by atoms with Gasteiger partial charge in [-0.05, 0) is 37.6 Å². The number of ether oxygens (including phenoxy) is 1. The predicted octanol–water partition coefficient (Wildman–Crippen LogP) is 4.42. The molecule has 2 N–H and O–H groups in total. The highest BCUT2D eigenvalue weighted by molar-refractivity contribution is 6.32. The molecule has 2 aromatic carbocycles. The van der Waals surface area contributed by atoms with Gasteiger partial charge in [-0.2, -0.15) is 0 Å². The maximum Gasteiger partial charge on any atom is 0.257 e. The topological polar surface area (TPSA) is 61.8 Å². The van der Waals surface area contributed by atoms with Gasteiger partial charge in [-0.25, -0.2) is 0 Å². The number of nitrogens with one attached hydrogen (secondary N) is 1. The van der Waals surface area contributed by atoms with Gasteiger partial charge in [0.25, 0.3) is 5.91 Å². The van der Waals surface area contributed by atoms with Crippen LogP contribution in [0.1, 0.15) is 42.4 Å². The number of hydrogen-bond acceptors (Lipinski definition) is 4. The monoisotopic (exact) mass is 360 g/mol. The van der Waals surface area contributed by atoms with Crippen molar-refractivity contribution in [2.24, 2.45) is 0 Å². The Bertz CT molecular complexity index is 794. The Kier molecular flexibility index (Phi) is 5.04. The SMILES string of the molecule is CCCN1C(=O)c2ccccc2N[C@H]1c1cc(Cl)c(O)c(OCC)c1. The Morgan fingerprint density at radius 3 is 2.76 bits per heavy atom. The van der Waals surface area contributed by atoms with Gasteiger partial charge in [-0.3, -0.25) is 4.79 Å². The average Bonchev–Trinajstić information content (AvgIpc) is 2.61. The minimum atomic E-state index is -0.375. The molecule has 0 saturated carbocycles. The van der Waals surface area contributed by atoms with Crippen LogP contribution >= 0.6 is 11.6 Å². The van der Waals surface area contributed by atoms with E-state index < -0.39 is 0 Å². The van der Waals surface area contributed by atoms with Crippen LogP contribution in [-0.4, -0.2) is 29.1 Å². The largest absolute Gasteiger partial charge is 0.503 e. The number of carbonyl (C=O) groups is 1. The number of benzene rings is 2. The molecule has 1 aliphatic heterocycles. The highest BCUT2D eigenvalue weighted by Gasteiger charge is 2.33. The molecule has 0 spiro atoms. The fourth-order valence-corrected chi connectivity index (χ4v) is 3.26. The summed E-state index contributed by atoms with van der Waals surface area (Å²) in [5, 5.41) is 13.7. The van der Waals surface area contributed by atoms with Crippen LogP contribution in [0.15, 0.2) is 36.4 Å². The number of anilines is 1. The molecule has 0 aromatic heterocycles. The van der Waals surface area contributed by atoms with Crippen molar-refractivity contribution in [3.05, 3.63) is 52.5 Å². The first-order chi connectivity index (χ1) is 12.1. The van der Waals surface area contributed by atoms with Crippen molar-refractivity contribution in [3.8, 4) is 11.5 Å². The van der Waals surface area contributed by atoms with Crippen LogP contribution in [0, 0.1) is 0 Å². The zero-order chi connectivity index (χ0) is 18.0. The molecule has 1 amide bonds. The number of carbonyl (C=O) groups excluding carboxylic acids is 1. The summed E-state index contributed by atoms with van der Waals surface area (Å²) >= 11 is 6.17. The van der Waals surface area contributed by atoms with Gasteiger partial charge in [0.1, 0.15) is 6.17 Å². The number of nitrogens with zero attached hydrogens (tertiary/aromatic N) is 1. The lowest BCUT2D eigenvalue weighted by Gasteiger charge is -2.38. The van der Waals surface area contributed by atoms with E-state index in [2.05, 4.69) is 5.32 Å². The summed E-state index contributed by atoms with van der Waals surface area (Å²) in [5.41, 5.74) is 2.21. The molecule has 132 valence electrons. The van der Waals surface area contributed by atoms with Crippen molar-refractivity contribution in [1.82, 2.24) is 4.90 Å². The number of amides is 1. The van der Waals surface area contributed by atoms with Crippen molar-refractivity contribution in [2.45, 2.75) is 26.4 Å². The van der Waals surface area contributed by atoms with Gasteiger partial charge in [-0.15, -0.1) is 0 Å². The zero-order valence-electron chi connectivity index (χ0n) is 14.3. The summed E-state index contributed by atoms with van der Waals surface area (Å²) in [6.45, 7) is 4.88. The number of phenols is 1. The zero-order valence-corrected chi connectivity index (χ0v) is 15.0. The Morgan fingerprint density at radius 2 is 2.04 bits per heavy atom. The third-order valence-corrected chi connectivity index (χ3v) is 4.44. The average molecular weight is 361 g/mol. The molecule has 0 bridgehead atoms. The van der Waals surface area contributed by atoms with Crippen LogP contribution in [0.25, 0.3) is 0 Å². The maximum atomic E-state index is 12.9. The van der Waals surface area contributed by atoms with Crippen molar-refractivity contribution in [1.29, 1.82) is 0 Å². The maximum absolute atomic E-state index is 12.9. The Balaban J connectivity index is 2.07. The van der Waals surface area contributed by atoms with Crippen molar-refractivity contribution in [2.75, 3.05) is 18.5 Å². The standard InChI is InChI=1S/C19H21ClN2O3/c1-3-9-22-18(21-15-8-6-5-7-13(15)19(22)24)12-10-14(20)17(23)16(11-12)25-4-2/h5-8,10-11,18,21,23H,3-4,9H2,1-2H3/t18-/m1/s1. The number of hydrogen-bond donors (Lipinski definition) is 2. The van der Waals surface area contributed by atoms with Gasteiger partial charge in [-0.1, -0.05) is 30.7 Å². The van der Waals surface area contributed by atoms with Crippen LogP contribution in [0.5, 0.6) is 11.5 Å². The normalized spacial score (nSPS) is 16.4. The Hall–Kier alpha value is -2.40. The molecule has 1 aliphatic rings. The van der Waals surface area contributed by atoms with E-state index in [9.17, 15) is 9.90 Å². The van der Waals surface area contributed by atoms with E-state index in [0.29, 0.717) is 24.5 Å². The lowest BCUT2D eigenvalue weighted by Crippen LogP contribution is -2.43.